The predicted molar refractivity (Wildman–Crippen MR) is 60.7 cm³/mol. The third kappa shape index (κ3) is 3.34. The predicted octanol–water partition coefficient (Wildman–Crippen LogP) is 2.74. The van der Waals surface area contributed by atoms with Gasteiger partial charge in [-0.05, 0) is 19.1 Å². The minimum Gasteiger partial charge on any atom is -0.309 e. The molecular weight excluding hydrogens is 237 g/mol. The first-order valence-corrected chi connectivity index (χ1v) is 6.11. The van der Waals surface area contributed by atoms with Crippen LogP contribution in [0.2, 0.25) is 0 Å². The Morgan fingerprint density at radius 2 is 2.00 bits per heavy atom. The van der Waals surface area contributed by atoms with Crippen molar-refractivity contribution in [2.24, 2.45) is 5.16 Å². The largest absolute Gasteiger partial charge is 0.430 e. The van der Waals surface area contributed by atoms with Crippen LogP contribution in [-0.4, -0.2) is 12.3 Å². The molecule has 1 aromatic carbocycles. The summed E-state index contributed by atoms with van der Waals surface area (Å²) >= 11 is 5.48. The van der Waals surface area contributed by atoms with Gasteiger partial charge in [-0.2, -0.15) is 0 Å². The topological polar surface area (TPSA) is 47.9 Å². The fourth-order valence-corrected chi connectivity index (χ4v) is 2.13. The standard InChI is InChI=1S/C9H11ClNO3P/c1-8(10)11-14-15(12,13-2)9-6-4-3-5-7-9/h3-7H,1-2H3/b11-8-. The number of rotatable bonds is 4. The minimum atomic E-state index is -3.38. The highest BCUT2D eigenvalue weighted by Gasteiger charge is 2.27. The van der Waals surface area contributed by atoms with Gasteiger partial charge in [-0.3, -0.25) is 4.52 Å². The molecular formula is C9H11ClNO3P. The smallest absolute Gasteiger partial charge is 0.309 e. The van der Waals surface area contributed by atoms with Crippen LogP contribution in [0.5, 0.6) is 0 Å². The molecule has 15 heavy (non-hydrogen) atoms. The van der Waals surface area contributed by atoms with Crippen LogP contribution in [0, 0.1) is 0 Å². The van der Waals surface area contributed by atoms with E-state index in [-0.39, 0.29) is 5.17 Å². The number of hydrogen-bond donors (Lipinski definition) is 0. The van der Waals surface area contributed by atoms with E-state index in [0.29, 0.717) is 5.30 Å². The lowest BCUT2D eigenvalue weighted by Gasteiger charge is -2.12. The Balaban J connectivity index is 2.96. The zero-order valence-electron chi connectivity index (χ0n) is 8.38. The maximum Gasteiger partial charge on any atom is 0.430 e. The maximum absolute atomic E-state index is 12.1. The molecule has 0 spiro atoms. The van der Waals surface area contributed by atoms with E-state index in [1.165, 1.54) is 14.0 Å². The molecule has 1 aromatic rings. The minimum absolute atomic E-state index is 0.156. The lowest BCUT2D eigenvalue weighted by Crippen LogP contribution is -2.06. The second-order valence-electron chi connectivity index (χ2n) is 2.69. The fraction of sp³-hybridized carbons (Fsp3) is 0.222. The Labute approximate surface area is 93.4 Å². The molecule has 0 aromatic heterocycles. The molecule has 1 unspecified atom stereocenters. The Bertz CT molecular complexity index is 390. The van der Waals surface area contributed by atoms with Gasteiger partial charge in [0.2, 0.25) is 0 Å². The van der Waals surface area contributed by atoms with Gasteiger partial charge in [0.25, 0.3) is 0 Å². The van der Waals surface area contributed by atoms with E-state index in [1.807, 2.05) is 0 Å². The molecule has 0 aliphatic heterocycles. The first-order valence-electron chi connectivity index (χ1n) is 4.19. The molecule has 0 N–H and O–H groups in total. The molecule has 1 rings (SSSR count). The van der Waals surface area contributed by atoms with Gasteiger partial charge in [-0.25, -0.2) is 4.57 Å². The van der Waals surface area contributed by atoms with Crippen molar-refractivity contribution in [2.75, 3.05) is 7.11 Å². The van der Waals surface area contributed by atoms with Gasteiger partial charge in [-0.1, -0.05) is 35.0 Å². The monoisotopic (exact) mass is 247 g/mol. The third-order valence-corrected chi connectivity index (χ3v) is 3.36. The van der Waals surface area contributed by atoms with Crippen molar-refractivity contribution in [3.8, 4) is 0 Å². The summed E-state index contributed by atoms with van der Waals surface area (Å²) in [5.41, 5.74) is 0. The van der Waals surface area contributed by atoms with Gasteiger partial charge in [-0.15, -0.1) is 0 Å². The third-order valence-electron chi connectivity index (χ3n) is 1.59. The van der Waals surface area contributed by atoms with Crippen molar-refractivity contribution < 1.29 is 13.7 Å². The first-order chi connectivity index (χ1) is 7.08. The molecule has 0 radical (unpaired) electrons. The second kappa shape index (κ2) is 5.31. The molecule has 4 nitrogen and oxygen atoms in total. The van der Waals surface area contributed by atoms with Gasteiger partial charge in [0.05, 0.1) is 5.30 Å². The van der Waals surface area contributed by atoms with Crippen LogP contribution in [-0.2, 0) is 13.7 Å². The number of oxime groups is 1. The summed E-state index contributed by atoms with van der Waals surface area (Å²) < 4.78 is 21.7. The van der Waals surface area contributed by atoms with Crippen LogP contribution < -0.4 is 5.30 Å². The molecule has 0 amide bonds. The van der Waals surface area contributed by atoms with E-state index < -0.39 is 7.60 Å². The van der Waals surface area contributed by atoms with E-state index in [4.69, 9.17) is 20.7 Å². The average molecular weight is 248 g/mol. The van der Waals surface area contributed by atoms with Crippen molar-refractivity contribution in [2.45, 2.75) is 6.92 Å². The van der Waals surface area contributed by atoms with Crippen LogP contribution in [0.1, 0.15) is 6.92 Å². The Hall–Kier alpha value is -0.830. The highest BCUT2D eigenvalue weighted by Crippen LogP contribution is 2.46. The fourth-order valence-electron chi connectivity index (χ4n) is 0.906. The zero-order chi connectivity index (χ0) is 11.3. The van der Waals surface area contributed by atoms with Crippen LogP contribution in [0.3, 0.4) is 0 Å². The van der Waals surface area contributed by atoms with Gasteiger partial charge in [0, 0.05) is 7.11 Å². The van der Waals surface area contributed by atoms with E-state index in [9.17, 15) is 4.57 Å². The zero-order valence-corrected chi connectivity index (χ0v) is 10.0. The molecule has 0 fully saturated rings. The lowest BCUT2D eigenvalue weighted by molar-refractivity contribution is 0.254. The number of halogens is 1. The number of hydrogen-bond acceptors (Lipinski definition) is 4. The van der Waals surface area contributed by atoms with Crippen LogP contribution in [0.4, 0.5) is 0 Å². The molecule has 1 atom stereocenters. The Kier molecular flexibility index (Phi) is 4.33. The average Bonchev–Trinajstić information content (AvgIpc) is 2.27. The van der Waals surface area contributed by atoms with E-state index >= 15 is 0 Å². The SMILES string of the molecule is COP(=O)(O/N=C(/C)Cl)c1ccccc1. The molecule has 0 aliphatic carbocycles. The molecule has 0 saturated heterocycles. The van der Waals surface area contributed by atoms with Gasteiger partial charge in [0.1, 0.15) is 5.17 Å². The highest BCUT2D eigenvalue weighted by atomic mass is 35.5. The van der Waals surface area contributed by atoms with Crippen molar-refractivity contribution in [3.05, 3.63) is 30.3 Å². The quantitative estimate of drug-likeness (QED) is 0.467. The van der Waals surface area contributed by atoms with Crippen LogP contribution >= 0.6 is 19.2 Å². The normalized spacial score (nSPS) is 15.8. The molecule has 0 saturated carbocycles. The first kappa shape index (κ1) is 12.2. The van der Waals surface area contributed by atoms with Crippen LogP contribution in [0.25, 0.3) is 0 Å². The lowest BCUT2D eigenvalue weighted by atomic mass is 10.4. The summed E-state index contributed by atoms with van der Waals surface area (Å²) in [6, 6.07) is 8.57. The van der Waals surface area contributed by atoms with Crippen molar-refractivity contribution >= 4 is 29.7 Å². The molecule has 0 aliphatic rings. The number of nitrogens with zero attached hydrogens (tertiary/aromatic N) is 1. The van der Waals surface area contributed by atoms with Crippen LogP contribution in [0.15, 0.2) is 35.5 Å². The molecule has 82 valence electrons. The van der Waals surface area contributed by atoms with E-state index in [1.54, 1.807) is 30.3 Å². The highest BCUT2D eigenvalue weighted by molar-refractivity contribution is 7.62. The summed E-state index contributed by atoms with van der Waals surface area (Å²) in [5, 5.41) is 4.03. The van der Waals surface area contributed by atoms with Gasteiger partial charge in [0.15, 0.2) is 0 Å². The van der Waals surface area contributed by atoms with E-state index in [0.717, 1.165) is 0 Å². The van der Waals surface area contributed by atoms with E-state index in [2.05, 4.69) is 5.16 Å². The summed E-state index contributed by atoms with van der Waals surface area (Å²) in [4.78, 5) is 0. The van der Waals surface area contributed by atoms with Gasteiger partial charge < -0.3 is 4.62 Å². The van der Waals surface area contributed by atoms with Crippen molar-refractivity contribution in [3.63, 3.8) is 0 Å². The van der Waals surface area contributed by atoms with Crippen molar-refractivity contribution in [1.82, 2.24) is 0 Å². The summed E-state index contributed by atoms with van der Waals surface area (Å²) in [7, 11) is -2.08. The van der Waals surface area contributed by atoms with Gasteiger partial charge >= 0.3 is 7.60 Å². The molecule has 0 heterocycles. The Morgan fingerprint density at radius 3 is 2.47 bits per heavy atom. The Morgan fingerprint density at radius 1 is 1.40 bits per heavy atom. The second-order valence-corrected chi connectivity index (χ2v) is 5.27. The number of benzene rings is 1. The maximum atomic E-state index is 12.1. The van der Waals surface area contributed by atoms with Crippen molar-refractivity contribution in [1.29, 1.82) is 0 Å². The molecule has 0 bridgehead atoms. The summed E-state index contributed by atoms with van der Waals surface area (Å²) in [5.74, 6) is 0. The summed E-state index contributed by atoms with van der Waals surface area (Å²) in [6.45, 7) is 1.52. The molecule has 6 heteroatoms. The summed E-state index contributed by atoms with van der Waals surface area (Å²) in [6.07, 6.45) is 0.